The fraction of sp³-hybridized carbons (Fsp3) is 0.750. The summed E-state index contributed by atoms with van der Waals surface area (Å²) < 4.78 is 12.7. The molecular weight excluding hydrogens is 437 g/mol. The second-order valence-electron chi connectivity index (χ2n) is 12.9. The Bertz CT molecular complexity index is 983. The van der Waals surface area contributed by atoms with Gasteiger partial charge < -0.3 is 19.5 Å². The summed E-state index contributed by atoms with van der Waals surface area (Å²) in [4.78, 5) is 19.1. The van der Waals surface area contributed by atoms with Crippen LogP contribution in [0.5, 0.6) is 0 Å². The minimum Gasteiger partial charge on any atom is -0.399 e. The normalized spacial score (nSPS) is 33.7. The number of likely N-dealkylation sites (tertiary alicyclic amines) is 1. The smallest absolute Gasteiger partial charge is 0.399 e. The van der Waals surface area contributed by atoms with E-state index in [2.05, 4.69) is 67.9 Å². The second-order valence-corrected chi connectivity index (χ2v) is 12.9. The predicted octanol–water partition coefficient (Wildman–Crippen LogP) is 3.22. The molecular formula is C28H42BN3O3. The van der Waals surface area contributed by atoms with Gasteiger partial charge in [-0.15, -0.1) is 0 Å². The van der Waals surface area contributed by atoms with Gasteiger partial charge in [0, 0.05) is 24.3 Å². The Kier molecular flexibility index (Phi) is 5.69. The molecule has 0 aromatic heterocycles. The number of benzene rings is 1. The molecule has 1 aromatic carbocycles. The lowest BCUT2D eigenvalue weighted by Gasteiger charge is -2.49. The van der Waals surface area contributed by atoms with Crippen molar-refractivity contribution in [2.75, 3.05) is 31.1 Å². The number of carbonyl (C=O) groups excluding carboxylic acids is 1. The van der Waals surface area contributed by atoms with E-state index >= 15 is 0 Å². The quantitative estimate of drug-likeness (QED) is 0.675. The molecule has 3 saturated heterocycles. The van der Waals surface area contributed by atoms with E-state index in [0.717, 1.165) is 55.8 Å². The summed E-state index contributed by atoms with van der Waals surface area (Å²) in [5.74, 6) is 1.12. The van der Waals surface area contributed by atoms with E-state index in [1.807, 2.05) is 0 Å². The molecule has 6 nitrogen and oxygen atoms in total. The summed E-state index contributed by atoms with van der Waals surface area (Å²) in [5.41, 5.74) is 2.22. The minimum atomic E-state index is -0.407. The maximum Gasteiger partial charge on any atom is 0.494 e. The molecule has 1 aromatic rings. The number of nitrogens with zero attached hydrogens (tertiary/aromatic N) is 2. The van der Waals surface area contributed by atoms with Crippen molar-refractivity contribution in [2.45, 2.75) is 102 Å². The number of piperidine rings is 2. The van der Waals surface area contributed by atoms with Crippen LogP contribution >= 0.6 is 0 Å². The van der Waals surface area contributed by atoms with E-state index in [4.69, 9.17) is 9.31 Å². The largest absolute Gasteiger partial charge is 0.494 e. The van der Waals surface area contributed by atoms with E-state index in [0.29, 0.717) is 18.0 Å². The number of hydrogen-bond donors (Lipinski definition) is 1. The highest BCUT2D eigenvalue weighted by Gasteiger charge is 2.56. The van der Waals surface area contributed by atoms with Crippen molar-refractivity contribution in [3.05, 3.63) is 23.8 Å². The lowest BCUT2D eigenvalue weighted by Crippen LogP contribution is -2.58. The van der Waals surface area contributed by atoms with E-state index in [9.17, 15) is 4.79 Å². The Morgan fingerprint density at radius 1 is 1.03 bits per heavy atom. The van der Waals surface area contributed by atoms with Crippen molar-refractivity contribution >= 4 is 24.2 Å². The van der Waals surface area contributed by atoms with E-state index in [-0.39, 0.29) is 16.6 Å². The van der Waals surface area contributed by atoms with Crippen LogP contribution in [0.2, 0.25) is 0 Å². The Balaban J connectivity index is 1.30. The van der Waals surface area contributed by atoms with E-state index < -0.39 is 7.12 Å². The van der Waals surface area contributed by atoms with Crippen LogP contribution in [0.15, 0.2) is 18.2 Å². The minimum absolute atomic E-state index is 0.297. The van der Waals surface area contributed by atoms with Crippen molar-refractivity contribution < 1.29 is 14.1 Å². The van der Waals surface area contributed by atoms with Gasteiger partial charge in [-0.05, 0) is 109 Å². The van der Waals surface area contributed by atoms with Gasteiger partial charge in [0.25, 0.3) is 0 Å². The van der Waals surface area contributed by atoms with Crippen LogP contribution in [0, 0.1) is 5.92 Å². The first-order valence-electron chi connectivity index (χ1n) is 13.9. The molecule has 0 unspecified atom stereocenters. The third-order valence-corrected chi connectivity index (χ3v) is 10.1. The fourth-order valence-electron chi connectivity index (χ4n) is 7.06. The molecule has 1 aliphatic carbocycles. The Morgan fingerprint density at radius 3 is 2.37 bits per heavy atom. The molecule has 1 atom stereocenters. The summed E-state index contributed by atoms with van der Waals surface area (Å²) in [6.45, 7) is 15.0. The maximum atomic E-state index is 14.2. The first-order valence-corrected chi connectivity index (χ1v) is 13.9. The van der Waals surface area contributed by atoms with Gasteiger partial charge in [0.2, 0.25) is 5.91 Å². The highest BCUT2D eigenvalue weighted by atomic mass is 16.7. The van der Waals surface area contributed by atoms with Crippen molar-refractivity contribution in [2.24, 2.45) is 5.92 Å². The Labute approximate surface area is 211 Å². The van der Waals surface area contributed by atoms with Crippen LogP contribution in [0.1, 0.15) is 78.7 Å². The lowest BCUT2D eigenvalue weighted by atomic mass is 9.72. The van der Waals surface area contributed by atoms with Crippen LogP contribution in [-0.4, -0.2) is 67.4 Å². The monoisotopic (exact) mass is 479 g/mol. The summed E-state index contributed by atoms with van der Waals surface area (Å²) in [7, 11) is -0.407. The molecule has 35 heavy (non-hydrogen) atoms. The van der Waals surface area contributed by atoms with Crippen LogP contribution in [0.4, 0.5) is 5.69 Å². The molecule has 6 rings (SSSR count). The van der Waals surface area contributed by atoms with Gasteiger partial charge in [-0.25, -0.2) is 0 Å². The van der Waals surface area contributed by atoms with Gasteiger partial charge in [-0.3, -0.25) is 9.69 Å². The molecule has 4 fully saturated rings. The van der Waals surface area contributed by atoms with Crippen LogP contribution in [-0.2, 0) is 19.5 Å². The first kappa shape index (κ1) is 24.0. The van der Waals surface area contributed by atoms with Gasteiger partial charge >= 0.3 is 7.12 Å². The van der Waals surface area contributed by atoms with E-state index in [1.54, 1.807) is 0 Å². The maximum absolute atomic E-state index is 14.2. The first-order chi connectivity index (χ1) is 16.6. The standard InChI is InChI=1S/C28H42BN3O3/c1-19-7-6-14-31(18-19)21-16-22(17-21)32-24-15-20(29-34-26(2,3)27(4,5)35-29)8-9-23(24)28(25(32)33)10-12-30-13-11-28/h8-9,15,19,21-22,30H,6-7,10-14,16-18H2,1-5H3/t19-,21?,22?/m1/s1. The van der Waals surface area contributed by atoms with Gasteiger partial charge in [0.05, 0.1) is 16.6 Å². The van der Waals surface area contributed by atoms with E-state index in [1.165, 1.54) is 31.5 Å². The van der Waals surface area contributed by atoms with Crippen molar-refractivity contribution in [3.63, 3.8) is 0 Å². The molecule has 0 bridgehead atoms. The van der Waals surface area contributed by atoms with Gasteiger partial charge in [-0.2, -0.15) is 0 Å². The van der Waals surface area contributed by atoms with Crippen molar-refractivity contribution in [1.29, 1.82) is 0 Å². The number of anilines is 1. The molecule has 5 aliphatic rings. The predicted molar refractivity (Wildman–Crippen MR) is 140 cm³/mol. The summed E-state index contributed by atoms with van der Waals surface area (Å²) in [5, 5.41) is 3.47. The molecule has 4 aliphatic heterocycles. The highest BCUT2D eigenvalue weighted by molar-refractivity contribution is 6.62. The second kappa shape index (κ2) is 8.30. The summed E-state index contributed by atoms with van der Waals surface area (Å²) >= 11 is 0. The van der Waals surface area contributed by atoms with Crippen LogP contribution < -0.4 is 15.7 Å². The van der Waals surface area contributed by atoms with Crippen LogP contribution in [0.3, 0.4) is 0 Å². The van der Waals surface area contributed by atoms with Gasteiger partial charge in [0.1, 0.15) is 0 Å². The number of carbonyl (C=O) groups is 1. The fourth-order valence-corrected chi connectivity index (χ4v) is 7.06. The van der Waals surface area contributed by atoms with Crippen LogP contribution in [0.25, 0.3) is 0 Å². The lowest BCUT2D eigenvalue weighted by molar-refractivity contribution is -0.125. The Morgan fingerprint density at radius 2 is 1.71 bits per heavy atom. The molecule has 190 valence electrons. The zero-order chi connectivity index (χ0) is 24.6. The van der Waals surface area contributed by atoms with Crippen molar-refractivity contribution in [1.82, 2.24) is 10.2 Å². The number of amides is 1. The molecule has 1 spiro atoms. The average Bonchev–Trinajstić information content (AvgIpc) is 3.14. The number of hydrogen-bond acceptors (Lipinski definition) is 5. The molecule has 0 radical (unpaired) electrons. The number of fused-ring (bicyclic) bond motifs is 2. The molecule has 1 amide bonds. The SMILES string of the molecule is C[C@@H]1CCCN(C2CC(N3C(=O)C4(CCNCC4)c4ccc(B5OC(C)(C)C(C)(C)O5)cc43)C2)C1. The zero-order valence-electron chi connectivity index (χ0n) is 22.2. The third-order valence-electron chi connectivity index (χ3n) is 10.1. The number of nitrogens with one attached hydrogen (secondary N) is 1. The summed E-state index contributed by atoms with van der Waals surface area (Å²) in [6, 6.07) is 7.48. The van der Waals surface area contributed by atoms with Crippen molar-refractivity contribution in [3.8, 4) is 0 Å². The topological polar surface area (TPSA) is 54.0 Å². The molecule has 7 heteroatoms. The van der Waals surface area contributed by atoms with Gasteiger partial charge in [0.15, 0.2) is 0 Å². The average molecular weight is 479 g/mol. The summed E-state index contributed by atoms with van der Waals surface area (Å²) in [6.07, 6.45) is 6.60. The highest BCUT2D eigenvalue weighted by Crippen LogP contribution is 2.50. The number of rotatable bonds is 3. The molecule has 1 N–H and O–H groups in total. The molecule has 1 saturated carbocycles. The van der Waals surface area contributed by atoms with Gasteiger partial charge in [-0.1, -0.05) is 19.1 Å². The third kappa shape index (κ3) is 3.72. The zero-order valence-corrected chi connectivity index (χ0v) is 22.2. The Hall–Kier alpha value is -1.41. The molecule has 4 heterocycles.